The molecule has 374 valence electrons. The third-order valence-corrected chi connectivity index (χ3v) is 13.0. The summed E-state index contributed by atoms with van der Waals surface area (Å²) in [6.07, 6.45) is 55.1. The Morgan fingerprint density at radius 3 is 0.778 bits per heavy atom. The second kappa shape index (κ2) is 51.4. The smallest absolute Gasteiger partial charge is 0.306 e. The molecular weight excluding hydrogens is 781 g/mol. The SMILES string of the molecule is CCCCCCCCCCCCCCCCCC(=O)OC[C@H](COC(=O)CCCCCCCCCCCCCCC(C)C)OC(=O)CCCCCCCCCCCCCCCCC. The summed E-state index contributed by atoms with van der Waals surface area (Å²) in [6.45, 7) is 9.05. The molecule has 0 bridgehead atoms. The Morgan fingerprint density at radius 1 is 0.302 bits per heavy atom. The van der Waals surface area contributed by atoms with Crippen LogP contribution in [0.1, 0.15) is 323 Å². The summed E-state index contributed by atoms with van der Waals surface area (Å²) in [4.78, 5) is 38.1. The summed E-state index contributed by atoms with van der Waals surface area (Å²) in [5, 5.41) is 0. The summed E-state index contributed by atoms with van der Waals surface area (Å²) in [6, 6.07) is 0. The molecule has 0 saturated heterocycles. The molecule has 0 aliphatic heterocycles. The first-order valence-corrected chi connectivity index (χ1v) is 28.4. The fourth-order valence-electron chi connectivity index (χ4n) is 8.75. The second-order valence-electron chi connectivity index (χ2n) is 20.1. The summed E-state index contributed by atoms with van der Waals surface area (Å²) < 4.78 is 16.9. The van der Waals surface area contributed by atoms with E-state index in [0.717, 1.165) is 63.7 Å². The topological polar surface area (TPSA) is 78.9 Å². The maximum Gasteiger partial charge on any atom is 0.306 e. The molecule has 0 amide bonds. The Morgan fingerprint density at radius 2 is 0.524 bits per heavy atom. The molecule has 0 N–H and O–H groups in total. The lowest BCUT2D eigenvalue weighted by atomic mass is 10.0. The number of hydrogen-bond acceptors (Lipinski definition) is 6. The van der Waals surface area contributed by atoms with Gasteiger partial charge in [0, 0.05) is 19.3 Å². The molecule has 1 atom stereocenters. The van der Waals surface area contributed by atoms with Crippen molar-refractivity contribution in [2.45, 2.75) is 329 Å². The van der Waals surface area contributed by atoms with Crippen molar-refractivity contribution in [3.63, 3.8) is 0 Å². The molecular formula is C57H110O6. The van der Waals surface area contributed by atoms with Gasteiger partial charge in [-0.05, 0) is 25.2 Å². The molecule has 0 aromatic rings. The fraction of sp³-hybridized carbons (Fsp3) is 0.947. The van der Waals surface area contributed by atoms with Crippen molar-refractivity contribution in [1.82, 2.24) is 0 Å². The molecule has 6 nitrogen and oxygen atoms in total. The third kappa shape index (κ3) is 51.3. The van der Waals surface area contributed by atoms with Crippen LogP contribution < -0.4 is 0 Å². The van der Waals surface area contributed by atoms with Gasteiger partial charge in [-0.3, -0.25) is 14.4 Å². The van der Waals surface area contributed by atoms with Gasteiger partial charge < -0.3 is 14.2 Å². The summed E-state index contributed by atoms with van der Waals surface area (Å²) >= 11 is 0. The van der Waals surface area contributed by atoms with E-state index in [1.165, 1.54) is 218 Å². The average Bonchev–Trinajstić information content (AvgIpc) is 3.27. The minimum Gasteiger partial charge on any atom is -0.462 e. The van der Waals surface area contributed by atoms with Crippen LogP contribution in [0.4, 0.5) is 0 Å². The third-order valence-electron chi connectivity index (χ3n) is 13.0. The Kier molecular flexibility index (Phi) is 50.1. The maximum atomic E-state index is 12.8. The first kappa shape index (κ1) is 61.4. The molecule has 6 heteroatoms. The zero-order valence-corrected chi connectivity index (χ0v) is 43.0. The first-order chi connectivity index (χ1) is 30.9. The highest BCUT2D eigenvalue weighted by atomic mass is 16.6. The molecule has 0 rings (SSSR count). The van der Waals surface area contributed by atoms with Gasteiger partial charge in [0.2, 0.25) is 0 Å². The van der Waals surface area contributed by atoms with Gasteiger partial charge in [-0.25, -0.2) is 0 Å². The second-order valence-corrected chi connectivity index (χ2v) is 20.1. The van der Waals surface area contributed by atoms with Crippen molar-refractivity contribution in [3.05, 3.63) is 0 Å². The predicted molar refractivity (Wildman–Crippen MR) is 270 cm³/mol. The maximum absolute atomic E-state index is 12.8. The van der Waals surface area contributed by atoms with Crippen LogP contribution in [-0.2, 0) is 28.6 Å². The lowest BCUT2D eigenvalue weighted by Crippen LogP contribution is -2.30. The number of hydrogen-bond donors (Lipinski definition) is 0. The minimum atomic E-state index is -0.761. The molecule has 0 radical (unpaired) electrons. The molecule has 0 aromatic carbocycles. The summed E-state index contributed by atoms with van der Waals surface area (Å²) in [5.74, 6) is -0.00237. The van der Waals surface area contributed by atoms with Gasteiger partial charge in [-0.15, -0.1) is 0 Å². The van der Waals surface area contributed by atoms with Crippen LogP contribution in [0.25, 0.3) is 0 Å². The number of esters is 3. The molecule has 63 heavy (non-hydrogen) atoms. The number of unbranched alkanes of at least 4 members (excludes halogenated alkanes) is 39. The Bertz CT molecular complexity index is 949. The van der Waals surface area contributed by atoms with Crippen molar-refractivity contribution in [2.75, 3.05) is 13.2 Å². The predicted octanol–water partition coefficient (Wildman–Crippen LogP) is 18.6. The van der Waals surface area contributed by atoms with Crippen molar-refractivity contribution in [2.24, 2.45) is 5.92 Å². The van der Waals surface area contributed by atoms with E-state index in [9.17, 15) is 14.4 Å². The Labute approximate surface area is 393 Å². The normalized spacial score (nSPS) is 12.0. The molecule has 0 aromatic heterocycles. The van der Waals surface area contributed by atoms with Gasteiger partial charge in [0.1, 0.15) is 13.2 Å². The van der Waals surface area contributed by atoms with Crippen LogP contribution in [0, 0.1) is 5.92 Å². The van der Waals surface area contributed by atoms with Crippen LogP contribution >= 0.6 is 0 Å². The van der Waals surface area contributed by atoms with E-state index < -0.39 is 6.10 Å². The lowest BCUT2D eigenvalue weighted by Gasteiger charge is -2.18. The average molecular weight is 892 g/mol. The van der Waals surface area contributed by atoms with Crippen LogP contribution in [-0.4, -0.2) is 37.2 Å². The minimum absolute atomic E-state index is 0.0619. The lowest BCUT2D eigenvalue weighted by molar-refractivity contribution is -0.167. The zero-order chi connectivity index (χ0) is 45.9. The van der Waals surface area contributed by atoms with E-state index >= 15 is 0 Å². The fourth-order valence-corrected chi connectivity index (χ4v) is 8.75. The first-order valence-electron chi connectivity index (χ1n) is 28.4. The van der Waals surface area contributed by atoms with Crippen molar-refractivity contribution < 1.29 is 28.6 Å². The van der Waals surface area contributed by atoms with Gasteiger partial charge >= 0.3 is 17.9 Å². The van der Waals surface area contributed by atoms with Crippen molar-refractivity contribution in [1.29, 1.82) is 0 Å². The van der Waals surface area contributed by atoms with Gasteiger partial charge in [-0.2, -0.15) is 0 Å². The highest BCUT2D eigenvalue weighted by Crippen LogP contribution is 2.18. The highest BCUT2D eigenvalue weighted by molar-refractivity contribution is 5.71. The van der Waals surface area contributed by atoms with Crippen LogP contribution in [0.2, 0.25) is 0 Å². The molecule has 0 heterocycles. The molecule has 0 fully saturated rings. The van der Waals surface area contributed by atoms with Gasteiger partial charge in [0.25, 0.3) is 0 Å². The van der Waals surface area contributed by atoms with Crippen molar-refractivity contribution >= 4 is 17.9 Å². The van der Waals surface area contributed by atoms with Crippen LogP contribution in [0.3, 0.4) is 0 Å². The Balaban J connectivity index is 4.30. The monoisotopic (exact) mass is 891 g/mol. The number of carbonyl (C=O) groups is 3. The largest absolute Gasteiger partial charge is 0.462 e. The summed E-state index contributed by atoms with van der Waals surface area (Å²) in [5.41, 5.74) is 0. The zero-order valence-electron chi connectivity index (χ0n) is 43.0. The quantitative estimate of drug-likeness (QED) is 0.0344. The number of carbonyl (C=O) groups excluding carboxylic acids is 3. The summed E-state index contributed by atoms with van der Waals surface area (Å²) in [7, 11) is 0. The van der Waals surface area contributed by atoms with E-state index in [4.69, 9.17) is 14.2 Å². The van der Waals surface area contributed by atoms with Crippen molar-refractivity contribution in [3.8, 4) is 0 Å². The number of ether oxygens (including phenoxy) is 3. The standard InChI is InChI=1S/C57H110O6/c1-5-7-9-11-13-15-17-19-21-23-28-32-36-40-44-48-55(58)61-51-54(63-57(60)50-46-42-38-34-30-24-22-20-18-16-14-12-10-8-6-2)52-62-56(59)49-45-41-37-33-29-26-25-27-31-35-39-43-47-53(3)4/h53-54H,5-52H2,1-4H3/t54-/m1/s1. The number of rotatable bonds is 52. The molecule has 0 unspecified atom stereocenters. The van der Waals surface area contributed by atoms with E-state index in [2.05, 4.69) is 27.7 Å². The molecule has 0 spiro atoms. The van der Waals surface area contributed by atoms with E-state index in [0.29, 0.717) is 19.3 Å². The Hall–Kier alpha value is -1.59. The van der Waals surface area contributed by atoms with Crippen LogP contribution in [0.15, 0.2) is 0 Å². The van der Waals surface area contributed by atoms with E-state index in [-0.39, 0.29) is 31.1 Å². The molecule has 0 aliphatic rings. The van der Waals surface area contributed by atoms with Gasteiger partial charge in [0.15, 0.2) is 6.10 Å². The molecule has 0 aliphatic carbocycles. The highest BCUT2D eigenvalue weighted by Gasteiger charge is 2.19. The van der Waals surface area contributed by atoms with Gasteiger partial charge in [-0.1, -0.05) is 285 Å². The van der Waals surface area contributed by atoms with E-state index in [1.54, 1.807) is 0 Å². The van der Waals surface area contributed by atoms with Gasteiger partial charge in [0.05, 0.1) is 0 Å². The van der Waals surface area contributed by atoms with Crippen LogP contribution in [0.5, 0.6) is 0 Å². The molecule has 0 saturated carbocycles. The van der Waals surface area contributed by atoms with E-state index in [1.807, 2.05) is 0 Å².